The summed E-state index contributed by atoms with van der Waals surface area (Å²) in [5.74, 6) is -1.33. The molecule has 2 aliphatic rings. The van der Waals surface area contributed by atoms with Crippen molar-refractivity contribution >= 4 is 27.2 Å². The van der Waals surface area contributed by atoms with E-state index in [2.05, 4.69) is 5.32 Å². The van der Waals surface area contributed by atoms with Crippen molar-refractivity contribution in [3.8, 4) is 0 Å². The number of rotatable bonds is 3. The molecule has 2 atom stereocenters. The van der Waals surface area contributed by atoms with E-state index >= 15 is 0 Å². The fraction of sp³-hybridized carbons (Fsp3) is 0.500. The van der Waals surface area contributed by atoms with Gasteiger partial charge in [-0.25, -0.2) is 8.60 Å². The molecule has 130 valence electrons. The summed E-state index contributed by atoms with van der Waals surface area (Å²) in [7, 11) is -2.92. The molecule has 2 aliphatic heterocycles. The molecule has 3 rings (SSSR count). The van der Waals surface area contributed by atoms with Crippen LogP contribution >= 0.6 is 0 Å². The van der Waals surface area contributed by atoms with Crippen molar-refractivity contribution in [1.82, 2.24) is 4.90 Å². The van der Waals surface area contributed by atoms with Gasteiger partial charge in [-0.05, 0) is 43.9 Å². The molecule has 6 nitrogen and oxygen atoms in total. The van der Waals surface area contributed by atoms with Crippen LogP contribution in [-0.2, 0) is 14.5 Å². The highest BCUT2D eigenvalue weighted by Crippen LogP contribution is 2.23. The van der Waals surface area contributed by atoms with Gasteiger partial charge in [0.1, 0.15) is 11.1 Å². The molecule has 0 aromatic heterocycles. The number of likely N-dealkylation sites (tertiary alicyclic amines) is 1. The van der Waals surface area contributed by atoms with E-state index in [0.29, 0.717) is 25.9 Å². The van der Waals surface area contributed by atoms with E-state index in [1.54, 1.807) is 4.90 Å². The summed E-state index contributed by atoms with van der Waals surface area (Å²) in [6.07, 6.45) is 2.84. The summed E-state index contributed by atoms with van der Waals surface area (Å²) in [5.41, 5.74) is 0.192. The Bertz CT molecular complexity index is 773. The third kappa shape index (κ3) is 3.28. The second-order valence-corrected chi connectivity index (χ2v) is 8.67. The predicted molar refractivity (Wildman–Crippen MR) is 88.9 cm³/mol. The average Bonchev–Trinajstić information content (AvgIpc) is 3.15. The van der Waals surface area contributed by atoms with Crippen LogP contribution in [0.2, 0.25) is 0 Å². The van der Waals surface area contributed by atoms with Crippen LogP contribution in [0.4, 0.5) is 10.1 Å². The van der Waals surface area contributed by atoms with E-state index < -0.39 is 26.7 Å². The number of benzene rings is 1. The maximum atomic E-state index is 14.2. The zero-order valence-corrected chi connectivity index (χ0v) is 14.0. The van der Waals surface area contributed by atoms with Crippen LogP contribution in [0.15, 0.2) is 18.2 Å². The number of hydrogen-bond acceptors (Lipinski definition) is 4. The SMILES string of the molecule is N=S1(=O)CCCC1C(=O)Nc1ccc(C(=O)N2CCCC2)c(F)c1. The Balaban J connectivity index is 1.73. The lowest BCUT2D eigenvalue weighted by Gasteiger charge is -2.16. The van der Waals surface area contributed by atoms with E-state index in [1.165, 1.54) is 12.1 Å². The van der Waals surface area contributed by atoms with E-state index in [0.717, 1.165) is 18.9 Å². The van der Waals surface area contributed by atoms with E-state index in [-0.39, 0.29) is 22.9 Å². The quantitative estimate of drug-likeness (QED) is 0.873. The topological polar surface area (TPSA) is 90.3 Å². The smallest absolute Gasteiger partial charge is 0.256 e. The molecule has 24 heavy (non-hydrogen) atoms. The molecule has 2 heterocycles. The second kappa shape index (κ2) is 6.51. The molecule has 2 saturated heterocycles. The zero-order valence-electron chi connectivity index (χ0n) is 13.2. The van der Waals surface area contributed by atoms with Crippen LogP contribution in [0.5, 0.6) is 0 Å². The normalized spacial score (nSPS) is 26.5. The molecule has 2 unspecified atom stereocenters. The Hall–Kier alpha value is -1.96. The van der Waals surface area contributed by atoms with Crippen LogP contribution in [0, 0.1) is 10.6 Å². The average molecular weight is 353 g/mol. The maximum absolute atomic E-state index is 14.2. The van der Waals surface area contributed by atoms with Crippen LogP contribution in [0.1, 0.15) is 36.0 Å². The molecule has 2 fully saturated rings. The monoisotopic (exact) mass is 353 g/mol. The van der Waals surface area contributed by atoms with E-state index in [4.69, 9.17) is 4.78 Å². The molecule has 1 aromatic carbocycles. The zero-order chi connectivity index (χ0) is 17.3. The lowest BCUT2D eigenvalue weighted by Crippen LogP contribution is -2.31. The lowest BCUT2D eigenvalue weighted by atomic mass is 10.1. The minimum Gasteiger partial charge on any atom is -0.339 e. The first-order valence-corrected chi connectivity index (χ1v) is 9.82. The van der Waals surface area contributed by atoms with Crippen molar-refractivity contribution in [2.45, 2.75) is 30.9 Å². The first kappa shape index (κ1) is 16.9. The molecule has 0 radical (unpaired) electrons. The highest BCUT2D eigenvalue weighted by atomic mass is 32.2. The van der Waals surface area contributed by atoms with Gasteiger partial charge in [-0.1, -0.05) is 0 Å². The van der Waals surface area contributed by atoms with E-state index in [1.807, 2.05) is 0 Å². The van der Waals surface area contributed by atoms with Crippen LogP contribution in [-0.4, -0.2) is 45.0 Å². The number of nitrogens with zero attached hydrogens (tertiary/aromatic N) is 1. The Morgan fingerprint density at radius 3 is 2.54 bits per heavy atom. The third-order valence-corrected chi connectivity index (χ3v) is 6.79. The summed E-state index contributed by atoms with van der Waals surface area (Å²) in [6.45, 7) is 1.27. The van der Waals surface area contributed by atoms with Gasteiger partial charge < -0.3 is 10.2 Å². The van der Waals surface area contributed by atoms with Crippen molar-refractivity contribution < 1.29 is 18.2 Å². The van der Waals surface area contributed by atoms with Gasteiger partial charge in [-0.3, -0.25) is 14.4 Å². The van der Waals surface area contributed by atoms with Crippen LogP contribution in [0.3, 0.4) is 0 Å². The van der Waals surface area contributed by atoms with Crippen molar-refractivity contribution in [3.05, 3.63) is 29.6 Å². The number of carbonyl (C=O) groups excluding carboxylic acids is 2. The minimum absolute atomic E-state index is 0.0138. The molecule has 8 heteroatoms. The highest BCUT2D eigenvalue weighted by Gasteiger charge is 2.34. The molecule has 0 aliphatic carbocycles. The Morgan fingerprint density at radius 1 is 1.25 bits per heavy atom. The number of carbonyl (C=O) groups is 2. The summed E-state index contributed by atoms with van der Waals surface area (Å²) in [6, 6.07) is 3.92. The maximum Gasteiger partial charge on any atom is 0.256 e. The predicted octanol–water partition coefficient (Wildman–Crippen LogP) is 2.21. The molecular weight excluding hydrogens is 333 g/mol. The second-order valence-electron chi connectivity index (χ2n) is 6.24. The number of halogens is 1. The first-order valence-electron chi connectivity index (χ1n) is 8.03. The first-order chi connectivity index (χ1) is 11.4. The third-order valence-electron chi connectivity index (χ3n) is 4.53. The summed E-state index contributed by atoms with van der Waals surface area (Å²) in [4.78, 5) is 26.0. The molecule has 2 amide bonds. The van der Waals surface area contributed by atoms with Crippen LogP contribution < -0.4 is 5.32 Å². The standard InChI is InChI=1S/C16H20FN3O3S/c17-13-10-11(19-15(21)14-4-3-9-24(14,18)23)5-6-12(13)16(22)20-7-1-2-8-20/h5-6,10,14,18H,1-4,7-9H2,(H,19,21). The molecule has 2 N–H and O–H groups in total. The van der Waals surface area contributed by atoms with Gasteiger partial charge >= 0.3 is 0 Å². The highest BCUT2D eigenvalue weighted by molar-refractivity contribution is 7.94. The molecular formula is C16H20FN3O3S. The summed E-state index contributed by atoms with van der Waals surface area (Å²) < 4.78 is 33.9. The van der Waals surface area contributed by atoms with Crippen LogP contribution in [0.25, 0.3) is 0 Å². The van der Waals surface area contributed by atoms with Crippen molar-refractivity contribution in [3.63, 3.8) is 0 Å². The van der Waals surface area contributed by atoms with E-state index in [9.17, 15) is 18.2 Å². The fourth-order valence-corrected chi connectivity index (χ4v) is 5.03. The van der Waals surface area contributed by atoms with Gasteiger partial charge in [-0.2, -0.15) is 0 Å². The van der Waals surface area contributed by atoms with Gasteiger partial charge in [0.15, 0.2) is 0 Å². The van der Waals surface area contributed by atoms with Gasteiger partial charge in [0.05, 0.1) is 15.3 Å². The van der Waals surface area contributed by atoms with Crippen molar-refractivity contribution in [2.24, 2.45) is 0 Å². The number of anilines is 1. The summed E-state index contributed by atoms with van der Waals surface area (Å²) >= 11 is 0. The lowest BCUT2D eigenvalue weighted by molar-refractivity contribution is -0.115. The Kier molecular flexibility index (Phi) is 4.58. The summed E-state index contributed by atoms with van der Waals surface area (Å²) in [5, 5.41) is 1.66. The number of nitrogens with one attached hydrogen (secondary N) is 2. The van der Waals surface area contributed by atoms with Crippen molar-refractivity contribution in [1.29, 1.82) is 4.78 Å². The molecule has 1 aromatic rings. The number of amides is 2. The molecule has 0 bridgehead atoms. The molecule has 0 saturated carbocycles. The largest absolute Gasteiger partial charge is 0.339 e. The van der Waals surface area contributed by atoms with Crippen molar-refractivity contribution in [2.75, 3.05) is 24.2 Å². The minimum atomic E-state index is -2.92. The molecule has 0 spiro atoms. The van der Waals surface area contributed by atoms with Gasteiger partial charge in [0.2, 0.25) is 5.91 Å². The Morgan fingerprint density at radius 2 is 1.96 bits per heavy atom. The fourth-order valence-electron chi connectivity index (χ4n) is 3.20. The van der Waals surface area contributed by atoms with Gasteiger partial charge in [0.25, 0.3) is 5.91 Å². The van der Waals surface area contributed by atoms with Gasteiger partial charge in [0, 0.05) is 24.5 Å². The number of hydrogen-bond donors (Lipinski definition) is 2. The Labute approximate surface area is 140 Å². The van der Waals surface area contributed by atoms with Gasteiger partial charge in [-0.15, -0.1) is 0 Å².